The Balaban J connectivity index is 2.87. The number of nitrogens with two attached hydrogens (primary N) is 1. The lowest BCUT2D eigenvalue weighted by atomic mass is 10.4. The standard InChI is InChI=1S/C10H27N3OSi/c1-10(2)14-15-9-3-5-12-7-8-13-6-4-11/h10,12-13H,3-9,11,15H2,1-2H3. The van der Waals surface area contributed by atoms with Crippen molar-refractivity contribution in [2.45, 2.75) is 32.4 Å². The molecule has 0 unspecified atom stereocenters. The van der Waals surface area contributed by atoms with Crippen LogP contribution in [0.15, 0.2) is 0 Å². The molecule has 0 aliphatic heterocycles. The van der Waals surface area contributed by atoms with Crippen molar-refractivity contribution in [2.24, 2.45) is 5.73 Å². The summed E-state index contributed by atoms with van der Waals surface area (Å²) in [6.07, 6.45) is 1.67. The van der Waals surface area contributed by atoms with Gasteiger partial charge in [-0.1, -0.05) is 0 Å². The summed E-state index contributed by atoms with van der Waals surface area (Å²) in [6.45, 7) is 9.00. The first-order valence-electron chi connectivity index (χ1n) is 6.00. The lowest BCUT2D eigenvalue weighted by Gasteiger charge is -2.07. The fourth-order valence-electron chi connectivity index (χ4n) is 1.20. The molecule has 92 valence electrons. The minimum Gasteiger partial charge on any atom is -0.422 e. The third-order valence-electron chi connectivity index (χ3n) is 2.00. The van der Waals surface area contributed by atoms with Crippen molar-refractivity contribution in [1.29, 1.82) is 0 Å². The fraction of sp³-hybridized carbons (Fsp3) is 1.00. The van der Waals surface area contributed by atoms with Gasteiger partial charge in [0.25, 0.3) is 0 Å². The summed E-state index contributed by atoms with van der Waals surface area (Å²) in [5, 5.41) is 6.64. The molecule has 4 nitrogen and oxygen atoms in total. The van der Waals surface area contributed by atoms with E-state index in [1.54, 1.807) is 0 Å². The van der Waals surface area contributed by atoms with Crippen molar-refractivity contribution >= 4 is 9.76 Å². The van der Waals surface area contributed by atoms with Gasteiger partial charge in [-0.15, -0.1) is 0 Å². The van der Waals surface area contributed by atoms with Gasteiger partial charge in [0.2, 0.25) is 0 Å². The zero-order chi connectivity index (χ0) is 11.4. The fourth-order valence-corrected chi connectivity index (χ4v) is 2.29. The van der Waals surface area contributed by atoms with E-state index in [2.05, 4.69) is 24.5 Å². The number of nitrogens with one attached hydrogen (secondary N) is 2. The van der Waals surface area contributed by atoms with E-state index in [4.69, 9.17) is 10.2 Å². The highest BCUT2D eigenvalue weighted by molar-refractivity contribution is 6.27. The van der Waals surface area contributed by atoms with Crippen LogP contribution in [-0.2, 0) is 4.43 Å². The first-order valence-corrected chi connectivity index (χ1v) is 7.58. The monoisotopic (exact) mass is 233 g/mol. The Morgan fingerprint density at radius 1 is 1.13 bits per heavy atom. The molecule has 0 amide bonds. The molecule has 0 saturated heterocycles. The van der Waals surface area contributed by atoms with Gasteiger partial charge in [0.15, 0.2) is 9.76 Å². The predicted octanol–water partition coefficient (Wildman–Crippen LogP) is -0.558. The van der Waals surface area contributed by atoms with E-state index in [9.17, 15) is 0 Å². The Labute approximate surface area is 96.3 Å². The van der Waals surface area contributed by atoms with E-state index in [0.717, 1.165) is 32.7 Å². The lowest BCUT2D eigenvalue weighted by Crippen LogP contribution is -2.31. The van der Waals surface area contributed by atoms with Crippen LogP contribution in [0.5, 0.6) is 0 Å². The van der Waals surface area contributed by atoms with Crippen molar-refractivity contribution < 1.29 is 4.43 Å². The Hall–Kier alpha value is 0.0569. The van der Waals surface area contributed by atoms with Gasteiger partial charge in [-0.2, -0.15) is 0 Å². The van der Waals surface area contributed by atoms with Crippen molar-refractivity contribution in [2.75, 3.05) is 32.7 Å². The molecule has 0 heterocycles. The van der Waals surface area contributed by atoms with Crippen LogP contribution in [0.1, 0.15) is 20.3 Å². The predicted molar refractivity (Wildman–Crippen MR) is 69.0 cm³/mol. The van der Waals surface area contributed by atoms with Gasteiger partial charge >= 0.3 is 0 Å². The average molecular weight is 233 g/mol. The first kappa shape index (κ1) is 15.1. The third kappa shape index (κ3) is 14.1. The average Bonchev–Trinajstić information content (AvgIpc) is 2.20. The second-order valence-electron chi connectivity index (χ2n) is 3.92. The molecule has 0 fully saturated rings. The second kappa shape index (κ2) is 12.1. The van der Waals surface area contributed by atoms with E-state index in [0.29, 0.717) is 6.10 Å². The molecule has 0 spiro atoms. The van der Waals surface area contributed by atoms with Crippen molar-refractivity contribution in [1.82, 2.24) is 10.6 Å². The highest BCUT2D eigenvalue weighted by Crippen LogP contribution is 1.91. The highest BCUT2D eigenvalue weighted by atomic mass is 28.2. The van der Waals surface area contributed by atoms with Crippen LogP contribution >= 0.6 is 0 Å². The minimum absolute atomic E-state index is 0.256. The first-order chi connectivity index (χ1) is 7.27. The van der Waals surface area contributed by atoms with E-state index >= 15 is 0 Å². The number of hydrogen-bond donors (Lipinski definition) is 3. The molecule has 0 bridgehead atoms. The van der Waals surface area contributed by atoms with E-state index < -0.39 is 0 Å². The van der Waals surface area contributed by atoms with Gasteiger partial charge in [0, 0.05) is 32.3 Å². The van der Waals surface area contributed by atoms with Crippen molar-refractivity contribution in [3.63, 3.8) is 0 Å². The van der Waals surface area contributed by atoms with Gasteiger partial charge in [0.1, 0.15) is 0 Å². The van der Waals surface area contributed by atoms with Crippen LogP contribution in [0.2, 0.25) is 6.04 Å². The lowest BCUT2D eigenvalue weighted by molar-refractivity contribution is 0.255. The van der Waals surface area contributed by atoms with Crippen LogP contribution in [0.3, 0.4) is 0 Å². The van der Waals surface area contributed by atoms with Gasteiger partial charge in [-0.3, -0.25) is 0 Å². The summed E-state index contributed by atoms with van der Waals surface area (Å²) in [5.74, 6) is 0. The second-order valence-corrected chi connectivity index (χ2v) is 5.36. The van der Waals surface area contributed by atoms with Crippen LogP contribution in [0.25, 0.3) is 0 Å². The Kier molecular flexibility index (Phi) is 12.2. The van der Waals surface area contributed by atoms with E-state index in [-0.39, 0.29) is 9.76 Å². The Morgan fingerprint density at radius 3 is 2.40 bits per heavy atom. The zero-order valence-electron chi connectivity index (χ0n) is 10.2. The largest absolute Gasteiger partial charge is 0.422 e. The summed E-state index contributed by atoms with van der Waals surface area (Å²) < 4.78 is 5.59. The summed E-state index contributed by atoms with van der Waals surface area (Å²) in [5.41, 5.74) is 5.36. The molecule has 5 heteroatoms. The molecular weight excluding hydrogens is 206 g/mol. The molecule has 0 radical (unpaired) electrons. The Morgan fingerprint density at radius 2 is 1.80 bits per heavy atom. The van der Waals surface area contributed by atoms with Gasteiger partial charge in [0.05, 0.1) is 0 Å². The molecule has 0 aromatic carbocycles. The summed E-state index contributed by atoms with van der Waals surface area (Å²) >= 11 is 0. The van der Waals surface area contributed by atoms with Gasteiger partial charge < -0.3 is 20.8 Å². The maximum absolute atomic E-state index is 5.59. The van der Waals surface area contributed by atoms with Crippen LogP contribution in [0, 0.1) is 0 Å². The Bertz CT molecular complexity index is 125. The smallest absolute Gasteiger partial charge is 0.161 e. The van der Waals surface area contributed by atoms with Crippen LogP contribution < -0.4 is 16.4 Å². The molecule has 0 atom stereocenters. The maximum atomic E-state index is 5.59. The van der Waals surface area contributed by atoms with Crippen molar-refractivity contribution in [3.8, 4) is 0 Å². The summed E-state index contributed by atoms with van der Waals surface area (Å²) in [4.78, 5) is 0. The zero-order valence-corrected chi connectivity index (χ0v) is 11.6. The topological polar surface area (TPSA) is 59.3 Å². The maximum Gasteiger partial charge on any atom is 0.161 e. The third-order valence-corrected chi connectivity index (χ3v) is 3.69. The SMILES string of the molecule is CC(C)O[SiH2]CCCNCCNCCN. The molecule has 15 heavy (non-hydrogen) atoms. The summed E-state index contributed by atoms with van der Waals surface area (Å²) in [7, 11) is -0.256. The molecule has 0 rings (SSSR count). The van der Waals surface area contributed by atoms with E-state index in [1.807, 2.05) is 0 Å². The molecule has 0 aromatic rings. The minimum atomic E-state index is -0.256. The molecular formula is C10H27N3OSi. The molecule has 0 aliphatic rings. The van der Waals surface area contributed by atoms with Crippen molar-refractivity contribution in [3.05, 3.63) is 0 Å². The highest BCUT2D eigenvalue weighted by Gasteiger charge is 1.94. The van der Waals surface area contributed by atoms with Crippen LogP contribution in [-0.4, -0.2) is 48.6 Å². The molecule has 4 N–H and O–H groups in total. The normalized spacial score (nSPS) is 12.0. The number of hydrogen-bond acceptors (Lipinski definition) is 4. The quantitative estimate of drug-likeness (QED) is 0.331. The van der Waals surface area contributed by atoms with E-state index in [1.165, 1.54) is 12.5 Å². The van der Waals surface area contributed by atoms with Gasteiger partial charge in [-0.05, 0) is 32.9 Å². The number of rotatable bonds is 11. The van der Waals surface area contributed by atoms with Crippen LogP contribution in [0.4, 0.5) is 0 Å². The molecule has 0 aliphatic carbocycles. The molecule has 0 saturated carbocycles. The molecule has 0 aromatic heterocycles. The summed E-state index contributed by atoms with van der Waals surface area (Å²) in [6, 6.07) is 1.28. The van der Waals surface area contributed by atoms with Gasteiger partial charge in [-0.25, -0.2) is 0 Å².